The summed E-state index contributed by atoms with van der Waals surface area (Å²) in [5, 5.41) is 2.73. The summed E-state index contributed by atoms with van der Waals surface area (Å²) in [7, 11) is 1.73. The van der Waals surface area contributed by atoms with E-state index in [-0.39, 0.29) is 11.8 Å². The third-order valence-electron chi connectivity index (χ3n) is 3.16. The number of thiocarbonyl (C=S) groups is 1. The maximum absolute atomic E-state index is 12.0. The van der Waals surface area contributed by atoms with E-state index in [1.165, 1.54) is 0 Å². The Morgan fingerprint density at radius 1 is 1.37 bits per heavy atom. The Morgan fingerprint density at radius 2 is 1.95 bits per heavy atom. The van der Waals surface area contributed by atoms with Crippen molar-refractivity contribution in [2.24, 2.45) is 5.73 Å². The first-order chi connectivity index (χ1) is 8.99. The van der Waals surface area contributed by atoms with Crippen LogP contribution >= 0.6 is 12.2 Å². The molecule has 1 aromatic carbocycles. The van der Waals surface area contributed by atoms with Crippen molar-refractivity contribution in [1.29, 1.82) is 0 Å². The second kappa shape index (κ2) is 5.36. The van der Waals surface area contributed by atoms with Crippen molar-refractivity contribution in [3.63, 3.8) is 0 Å². The van der Waals surface area contributed by atoms with E-state index >= 15 is 0 Å². The largest absolute Gasteiger partial charge is 0.389 e. The minimum atomic E-state index is -0.423. The van der Waals surface area contributed by atoms with Crippen LogP contribution in [0.5, 0.6) is 0 Å². The first-order valence-corrected chi connectivity index (χ1v) is 6.35. The van der Waals surface area contributed by atoms with Gasteiger partial charge in [-0.2, -0.15) is 0 Å². The van der Waals surface area contributed by atoms with Gasteiger partial charge in [-0.05, 0) is 18.6 Å². The molecule has 2 amide bonds. The first-order valence-electron chi connectivity index (χ1n) is 5.95. The Hall–Kier alpha value is -1.95. The Morgan fingerprint density at radius 3 is 2.42 bits per heavy atom. The van der Waals surface area contributed by atoms with E-state index in [2.05, 4.69) is 5.32 Å². The molecule has 19 heavy (non-hydrogen) atoms. The number of amides is 2. The van der Waals surface area contributed by atoms with Gasteiger partial charge < -0.3 is 16.0 Å². The van der Waals surface area contributed by atoms with Crippen molar-refractivity contribution in [3.05, 3.63) is 35.4 Å². The number of benzene rings is 1. The third kappa shape index (κ3) is 2.90. The van der Waals surface area contributed by atoms with Crippen LogP contribution in [0.15, 0.2) is 24.3 Å². The third-order valence-corrected chi connectivity index (χ3v) is 3.40. The lowest BCUT2D eigenvalue weighted by Gasteiger charge is -2.12. The number of carbonyl (C=O) groups is 2. The molecule has 1 unspecified atom stereocenters. The molecule has 0 spiro atoms. The maximum Gasteiger partial charge on any atom is 0.251 e. The molecular formula is C13H15N3O2S. The van der Waals surface area contributed by atoms with Crippen molar-refractivity contribution < 1.29 is 9.59 Å². The average molecular weight is 277 g/mol. The van der Waals surface area contributed by atoms with Crippen molar-refractivity contribution in [3.8, 4) is 0 Å². The van der Waals surface area contributed by atoms with Crippen LogP contribution in [0.3, 0.4) is 0 Å². The van der Waals surface area contributed by atoms with E-state index in [0.29, 0.717) is 29.1 Å². The second-order valence-corrected chi connectivity index (χ2v) is 4.96. The molecule has 1 aliphatic heterocycles. The summed E-state index contributed by atoms with van der Waals surface area (Å²) in [6.45, 7) is 0.671. The zero-order chi connectivity index (χ0) is 14.0. The van der Waals surface area contributed by atoms with Crippen LogP contribution in [-0.2, 0) is 4.79 Å². The SMILES string of the molecule is CN1CCC(NC(=O)c2ccc(C(N)=S)cc2)C1=O. The Balaban J connectivity index is 2.04. The van der Waals surface area contributed by atoms with Gasteiger partial charge in [0, 0.05) is 24.7 Å². The van der Waals surface area contributed by atoms with Gasteiger partial charge >= 0.3 is 0 Å². The fraction of sp³-hybridized carbons (Fsp3) is 0.308. The lowest BCUT2D eigenvalue weighted by molar-refractivity contribution is -0.128. The Kier molecular flexibility index (Phi) is 3.80. The topological polar surface area (TPSA) is 75.4 Å². The summed E-state index contributed by atoms with van der Waals surface area (Å²) in [6.07, 6.45) is 0.645. The molecule has 0 aromatic heterocycles. The molecule has 0 bridgehead atoms. The first kappa shape index (κ1) is 13.5. The van der Waals surface area contributed by atoms with Gasteiger partial charge in [-0.25, -0.2) is 0 Å². The van der Waals surface area contributed by atoms with Crippen LogP contribution in [0.25, 0.3) is 0 Å². The number of nitrogens with one attached hydrogen (secondary N) is 1. The van der Waals surface area contributed by atoms with E-state index in [4.69, 9.17) is 18.0 Å². The molecule has 1 saturated heterocycles. The van der Waals surface area contributed by atoms with Gasteiger partial charge in [0.15, 0.2) is 0 Å². The van der Waals surface area contributed by atoms with E-state index in [1.807, 2.05) is 0 Å². The molecule has 2 rings (SSSR count). The molecule has 3 N–H and O–H groups in total. The van der Waals surface area contributed by atoms with Gasteiger partial charge in [-0.1, -0.05) is 24.4 Å². The lowest BCUT2D eigenvalue weighted by atomic mass is 10.1. The summed E-state index contributed by atoms with van der Waals surface area (Å²) in [5.74, 6) is -0.309. The van der Waals surface area contributed by atoms with Gasteiger partial charge in [0.05, 0.1) is 0 Å². The van der Waals surface area contributed by atoms with Gasteiger partial charge in [0.1, 0.15) is 11.0 Å². The highest BCUT2D eigenvalue weighted by Crippen LogP contribution is 2.10. The average Bonchev–Trinajstić information content (AvgIpc) is 2.71. The number of hydrogen-bond donors (Lipinski definition) is 2. The molecule has 100 valence electrons. The van der Waals surface area contributed by atoms with Crippen LogP contribution in [0.1, 0.15) is 22.3 Å². The predicted molar refractivity (Wildman–Crippen MR) is 75.8 cm³/mol. The minimum absolute atomic E-state index is 0.0480. The molecule has 5 nitrogen and oxygen atoms in total. The lowest BCUT2D eigenvalue weighted by Crippen LogP contribution is -2.40. The van der Waals surface area contributed by atoms with Crippen molar-refractivity contribution in [1.82, 2.24) is 10.2 Å². The predicted octanol–water partition coefficient (Wildman–Crippen LogP) is 0.281. The van der Waals surface area contributed by atoms with E-state index < -0.39 is 6.04 Å². The molecule has 1 heterocycles. The Bertz CT molecular complexity index is 527. The molecule has 1 atom stereocenters. The normalized spacial score (nSPS) is 18.5. The summed E-state index contributed by atoms with van der Waals surface area (Å²) >= 11 is 4.84. The van der Waals surface area contributed by atoms with Crippen molar-refractivity contribution in [2.45, 2.75) is 12.5 Å². The fourth-order valence-electron chi connectivity index (χ4n) is 1.98. The van der Waals surface area contributed by atoms with Crippen LogP contribution in [0, 0.1) is 0 Å². The molecule has 1 fully saturated rings. The van der Waals surface area contributed by atoms with Crippen LogP contribution < -0.4 is 11.1 Å². The summed E-state index contributed by atoms with van der Waals surface area (Å²) < 4.78 is 0. The number of nitrogens with two attached hydrogens (primary N) is 1. The number of rotatable bonds is 3. The van der Waals surface area contributed by atoms with Crippen molar-refractivity contribution >= 4 is 29.0 Å². The van der Waals surface area contributed by atoms with Crippen LogP contribution in [0.4, 0.5) is 0 Å². The van der Waals surface area contributed by atoms with Gasteiger partial charge in [0.25, 0.3) is 5.91 Å². The number of likely N-dealkylation sites (tertiary alicyclic amines) is 1. The monoisotopic (exact) mass is 277 g/mol. The minimum Gasteiger partial charge on any atom is -0.389 e. The standard InChI is InChI=1S/C13H15N3O2S/c1-16-7-6-10(13(16)18)15-12(17)9-4-2-8(3-5-9)11(14)19/h2-5,10H,6-7H2,1H3,(H2,14,19)(H,15,17). The summed E-state index contributed by atoms with van der Waals surface area (Å²) in [6, 6.07) is 6.26. The Labute approximate surface area is 116 Å². The number of carbonyl (C=O) groups excluding carboxylic acids is 2. The summed E-state index contributed by atoms with van der Waals surface area (Å²) in [4.78, 5) is 25.6. The van der Waals surface area contributed by atoms with Crippen molar-refractivity contribution in [2.75, 3.05) is 13.6 Å². The maximum atomic E-state index is 12.0. The van der Waals surface area contributed by atoms with E-state index in [1.54, 1.807) is 36.2 Å². The highest BCUT2D eigenvalue weighted by atomic mass is 32.1. The van der Waals surface area contributed by atoms with E-state index in [0.717, 1.165) is 0 Å². The molecular weight excluding hydrogens is 262 g/mol. The smallest absolute Gasteiger partial charge is 0.251 e. The molecule has 6 heteroatoms. The molecule has 0 radical (unpaired) electrons. The number of likely N-dealkylation sites (N-methyl/N-ethyl adjacent to an activating group) is 1. The zero-order valence-electron chi connectivity index (χ0n) is 10.6. The molecule has 1 aliphatic rings. The highest BCUT2D eigenvalue weighted by molar-refractivity contribution is 7.80. The van der Waals surface area contributed by atoms with Gasteiger partial charge in [-0.3, -0.25) is 9.59 Å². The second-order valence-electron chi connectivity index (χ2n) is 4.52. The quantitative estimate of drug-likeness (QED) is 0.778. The van der Waals surface area contributed by atoms with Gasteiger partial charge in [0.2, 0.25) is 5.91 Å². The summed E-state index contributed by atoms with van der Waals surface area (Å²) in [5.41, 5.74) is 6.69. The molecule has 0 aliphatic carbocycles. The van der Waals surface area contributed by atoms with Crippen LogP contribution in [0.2, 0.25) is 0 Å². The molecule has 1 aromatic rings. The van der Waals surface area contributed by atoms with Gasteiger partial charge in [-0.15, -0.1) is 0 Å². The number of nitrogens with zero attached hydrogens (tertiary/aromatic N) is 1. The number of hydrogen-bond acceptors (Lipinski definition) is 3. The fourth-order valence-corrected chi connectivity index (χ4v) is 2.12. The zero-order valence-corrected chi connectivity index (χ0v) is 11.4. The highest BCUT2D eigenvalue weighted by Gasteiger charge is 2.30. The van der Waals surface area contributed by atoms with Crippen LogP contribution in [-0.4, -0.2) is 41.3 Å². The van der Waals surface area contributed by atoms with E-state index in [9.17, 15) is 9.59 Å². The molecule has 0 saturated carbocycles.